The zero-order valence-electron chi connectivity index (χ0n) is 14.2. The molecule has 0 bridgehead atoms. The van der Waals surface area contributed by atoms with E-state index in [1.165, 1.54) is 11.3 Å². The van der Waals surface area contributed by atoms with Crippen LogP contribution in [0.15, 0.2) is 28.9 Å². The molecular formula is C15H17N7O3S. The largest absolute Gasteiger partial charge is 0.377 e. The van der Waals surface area contributed by atoms with E-state index in [0.29, 0.717) is 40.7 Å². The molecule has 0 spiro atoms. The Morgan fingerprint density at radius 3 is 3.04 bits per heavy atom. The molecule has 10 nitrogen and oxygen atoms in total. The maximum absolute atomic E-state index is 12.1. The predicted molar refractivity (Wildman–Crippen MR) is 93.1 cm³/mol. The molecule has 0 unspecified atom stereocenters. The van der Waals surface area contributed by atoms with Gasteiger partial charge in [-0.05, 0) is 19.2 Å². The fraction of sp³-hybridized carbons (Fsp3) is 0.333. The van der Waals surface area contributed by atoms with E-state index in [0.717, 1.165) is 0 Å². The van der Waals surface area contributed by atoms with E-state index in [1.54, 1.807) is 31.3 Å². The van der Waals surface area contributed by atoms with Crippen molar-refractivity contribution in [1.29, 1.82) is 0 Å². The highest BCUT2D eigenvalue weighted by Gasteiger charge is 2.14. The molecule has 0 radical (unpaired) electrons. The van der Waals surface area contributed by atoms with Crippen molar-refractivity contribution in [2.45, 2.75) is 13.2 Å². The van der Waals surface area contributed by atoms with Crippen LogP contribution in [0.4, 0.5) is 5.13 Å². The molecule has 0 atom stereocenters. The number of amides is 1. The molecule has 3 rings (SSSR count). The Morgan fingerprint density at radius 1 is 1.38 bits per heavy atom. The van der Waals surface area contributed by atoms with Crippen molar-refractivity contribution in [2.75, 3.05) is 26.0 Å². The summed E-state index contributed by atoms with van der Waals surface area (Å²) in [7, 11) is 3.35. The number of nitrogens with one attached hydrogen (secondary N) is 1. The van der Waals surface area contributed by atoms with Gasteiger partial charge in [0, 0.05) is 13.3 Å². The van der Waals surface area contributed by atoms with Crippen molar-refractivity contribution in [3.63, 3.8) is 0 Å². The van der Waals surface area contributed by atoms with Crippen molar-refractivity contribution >= 4 is 22.4 Å². The van der Waals surface area contributed by atoms with Gasteiger partial charge in [0.25, 0.3) is 0 Å². The Morgan fingerprint density at radius 2 is 2.27 bits per heavy atom. The molecular weight excluding hydrogens is 358 g/mol. The highest BCUT2D eigenvalue weighted by molar-refractivity contribution is 7.15. The molecule has 0 aliphatic heterocycles. The average Bonchev–Trinajstić information content (AvgIpc) is 3.25. The van der Waals surface area contributed by atoms with Gasteiger partial charge in [-0.1, -0.05) is 22.6 Å². The molecule has 0 aromatic carbocycles. The van der Waals surface area contributed by atoms with Gasteiger partial charge in [-0.15, -0.1) is 10.2 Å². The SMILES string of the molecule is COCc1nnc(NC(=O)CN(C)Cc2nc(-c3ccccn3)no2)s1. The molecule has 11 heteroatoms. The molecule has 0 fully saturated rings. The molecule has 0 aliphatic carbocycles. The Kier molecular flexibility index (Phi) is 5.94. The minimum Gasteiger partial charge on any atom is -0.377 e. The second-order valence-corrected chi connectivity index (χ2v) is 6.44. The molecule has 136 valence electrons. The quantitative estimate of drug-likeness (QED) is 0.619. The lowest BCUT2D eigenvalue weighted by Gasteiger charge is -2.12. The van der Waals surface area contributed by atoms with Crippen LogP contribution < -0.4 is 5.32 Å². The standard InChI is InChI=1S/C15H17N7O3S/c1-22(7-11(23)17-15-20-19-13(26-15)9-24-2)8-12-18-14(21-25-12)10-5-3-4-6-16-10/h3-6H,7-9H2,1-2H3,(H,17,20,23). The summed E-state index contributed by atoms with van der Waals surface area (Å²) in [4.78, 5) is 22.3. The highest BCUT2D eigenvalue weighted by Crippen LogP contribution is 2.16. The molecule has 3 aromatic heterocycles. The molecule has 1 amide bonds. The van der Waals surface area contributed by atoms with Crippen molar-refractivity contribution < 1.29 is 14.1 Å². The second kappa shape index (κ2) is 8.56. The summed E-state index contributed by atoms with van der Waals surface area (Å²) >= 11 is 1.27. The van der Waals surface area contributed by atoms with E-state index >= 15 is 0 Å². The number of methoxy groups -OCH3 is 1. The zero-order chi connectivity index (χ0) is 18.4. The third-order valence-electron chi connectivity index (χ3n) is 3.16. The maximum atomic E-state index is 12.1. The number of aromatic nitrogens is 5. The number of hydrogen-bond acceptors (Lipinski definition) is 10. The fourth-order valence-corrected chi connectivity index (χ4v) is 2.82. The lowest BCUT2D eigenvalue weighted by Crippen LogP contribution is -2.29. The molecule has 3 heterocycles. The lowest BCUT2D eigenvalue weighted by molar-refractivity contribution is -0.117. The topological polar surface area (TPSA) is 119 Å². The highest BCUT2D eigenvalue weighted by atomic mass is 32.1. The van der Waals surface area contributed by atoms with Crippen LogP contribution in [-0.2, 0) is 22.7 Å². The summed E-state index contributed by atoms with van der Waals surface area (Å²) in [6, 6.07) is 5.46. The summed E-state index contributed by atoms with van der Waals surface area (Å²) < 4.78 is 10.2. The van der Waals surface area contributed by atoms with E-state index in [-0.39, 0.29) is 12.5 Å². The van der Waals surface area contributed by atoms with Crippen molar-refractivity contribution in [3.05, 3.63) is 35.3 Å². The number of hydrogen-bond donors (Lipinski definition) is 1. The first-order chi connectivity index (χ1) is 12.6. The molecule has 0 saturated heterocycles. The Balaban J connectivity index is 1.51. The number of pyridine rings is 1. The van der Waals surface area contributed by atoms with Gasteiger partial charge in [0.1, 0.15) is 17.3 Å². The van der Waals surface area contributed by atoms with Crippen molar-refractivity contribution in [3.8, 4) is 11.5 Å². The lowest BCUT2D eigenvalue weighted by atomic mass is 10.3. The third kappa shape index (κ3) is 4.88. The minimum atomic E-state index is -0.211. The number of rotatable bonds is 8. The Hall–Kier alpha value is -2.76. The first-order valence-corrected chi connectivity index (χ1v) is 8.49. The molecule has 3 aromatic rings. The molecule has 26 heavy (non-hydrogen) atoms. The van der Waals surface area contributed by atoms with Crippen molar-refractivity contribution in [1.82, 2.24) is 30.2 Å². The van der Waals surface area contributed by atoms with Crippen LogP contribution in [0.1, 0.15) is 10.9 Å². The van der Waals surface area contributed by atoms with Crippen LogP contribution in [0.5, 0.6) is 0 Å². The van der Waals surface area contributed by atoms with E-state index in [2.05, 4.69) is 30.6 Å². The van der Waals surface area contributed by atoms with Crippen LogP contribution in [0.2, 0.25) is 0 Å². The predicted octanol–water partition coefficient (Wildman–Crippen LogP) is 1.20. The summed E-state index contributed by atoms with van der Waals surface area (Å²) in [5, 5.41) is 15.5. The second-order valence-electron chi connectivity index (χ2n) is 5.38. The smallest absolute Gasteiger partial charge is 0.241 e. The van der Waals surface area contributed by atoms with Gasteiger partial charge in [-0.2, -0.15) is 4.98 Å². The van der Waals surface area contributed by atoms with E-state index in [9.17, 15) is 4.79 Å². The van der Waals surface area contributed by atoms with Gasteiger partial charge in [-0.3, -0.25) is 20.0 Å². The third-order valence-corrected chi connectivity index (χ3v) is 3.97. The van der Waals surface area contributed by atoms with Crippen LogP contribution in [0.3, 0.4) is 0 Å². The molecule has 1 N–H and O–H groups in total. The van der Waals surface area contributed by atoms with Crippen LogP contribution >= 0.6 is 11.3 Å². The first-order valence-electron chi connectivity index (χ1n) is 7.67. The average molecular weight is 375 g/mol. The van der Waals surface area contributed by atoms with Crippen LogP contribution in [0, 0.1) is 0 Å². The number of anilines is 1. The number of likely N-dealkylation sites (N-methyl/N-ethyl adjacent to an activating group) is 1. The van der Waals surface area contributed by atoms with E-state index < -0.39 is 0 Å². The van der Waals surface area contributed by atoms with Crippen molar-refractivity contribution in [2.24, 2.45) is 0 Å². The number of ether oxygens (including phenoxy) is 1. The van der Waals surface area contributed by atoms with Gasteiger partial charge in [0.05, 0.1) is 13.1 Å². The normalized spacial score (nSPS) is 11.0. The maximum Gasteiger partial charge on any atom is 0.241 e. The van der Waals surface area contributed by atoms with Gasteiger partial charge in [-0.25, -0.2) is 0 Å². The minimum absolute atomic E-state index is 0.139. The van der Waals surface area contributed by atoms with Crippen LogP contribution in [0.25, 0.3) is 11.5 Å². The van der Waals surface area contributed by atoms with Gasteiger partial charge in [0.2, 0.25) is 22.8 Å². The number of carbonyl (C=O) groups is 1. The Labute approximate surface area is 153 Å². The van der Waals surface area contributed by atoms with E-state index in [1.807, 2.05) is 12.1 Å². The zero-order valence-corrected chi connectivity index (χ0v) is 15.1. The van der Waals surface area contributed by atoms with Gasteiger partial charge < -0.3 is 9.26 Å². The Bertz CT molecular complexity index is 852. The summed E-state index contributed by atoms with van der Waals surface area (Å²) in [5.41, 5.74) is 0.631. The summed E-state index contributed by atoms with van der Waals surface area (Å²) in [6.45, 7) is 0.835. The van der Waals surface area contributed by atoms with E-state index in [4.69, 9.17) is 9.26 Å². The fourth-order valence-electron chi connectivity index (χ4n) is 2.09. The number of carbonyl (C=O) groups excluding carboxylic acids is 1. The first kappa shape index (κ1) is 18.0. The summed E-state index contributed by atoms with van der Waals surface area (Å²) in [6.07, 6.45) is 1.66. The monoisotopic (exact) mass is 375 g/mol. The van der Waals surface area contributed by atoms with Gasteiger partial charge >= 0.3 is 0 Å². The number of nitrogens with zero attached hydrogens (tertiary/aromatic N) is 6. The van der Waals surface area contributed by atoms with Crippen LogP contribution in [-0.4, -0.2) is 56.8 Å². The summed E-state index contributed by atoms with van der Waals surface area (Å²) in [5.74, 6) is 0.606. The molecule has 0 aliphatic rings. The molecule has 0 saturated carbocycles. The van der Waals surface area contributed by atoms with Gasteiger partial charge in [0.15, 0.2) is 0 Å².